The highest BCUT2D eigenvalue weighted by molar-refractivity contribution is 5.86. The number of likely N-dealkylation sites (tertiary alicyclic amines) is 1. The Hall–Kier alpha value is -1.10. The van der Waals surface area contributed by atoms with Gasteiger partial charge in [0.1, 0.15) is 6.54 Å². The van der Waals surface area contributed by atoms with Crippen LogP contribution in [-0.4, -0.2) is 41.0 Å². The monoisotopic (exact) mass is 158 g/mol. The molecule has 1 saturated heterocycles. The van der Waals surface area contributed by atoms with E-state index in [1.807, 2.05) is 0 Å². The van der Waals surface area contributed by atoms with Crippen LogP contribution in [-0.2, 0) is 9.59 Å². The highest BCUT2D eigenvalue weighted by atomic mass is 16.4. The van der Waals surface area contributed by atoms with Crippen LogP contribution in [0.3, 0.4) is 0 Å². The summed E-state index contributed by atoms with van der Waals surface area (Å²) in [4.78, 5) is 22.4. The zero-order chi connectivity index (χ0) is 8.43. The van der Waals surface area contributed by atoms with Crippen molar-refractivity contribution in [3.05, 3.63) is 0 Å². The van der Waals surface area contributed by atoms with Crippen molar-refractivity contribution in [1.29, 1.82) is 0 Å². The summed E-state index contributed by atoms with van der Waals surface area (Å²) in [5.41, 5.74) is 5.36. The van der Waals surface area contributed by atoms with Gasteiger partial charge in [0.05, 0.1) is 6.04 Å². The second-order valence-electron chi connectivity index (χ2n) is 2.55. The van der Waals surface area contributed by atoms with Crippen LogP contribution in [0.25, 0.3) is 0 Å². The summed E-state index contributed by atoms with van der Waals surface area (Å²) in [7, 11) is 0. The third kappa shape index (κ3) is 1.68. The summed E-state index contributed by atoms with van der Waals surface area (Å²) >= 11 is 0. The van der Waals surface area contributed by atoms with Gasteiger partial charge in [-0.15, -0.1) is 0 Å². The van der Waals surface area contributed by atoms with Crippen LogP contribution in [0.15, 0.2) is 0 Å². The lowest BCUT2D eigenvalue weighted by molar-refractivity contribution is -0.142. The normalized spacial score (nSPS) is 24.3. The van der Waals surface area contributed by atoms with E-state index >= 15 is 0 Å². The molecule has 1 heterocycles. The highest BCUT2D eigenvalue weighted by Crippen LogP contribution is 2.07. The Balaban J connectivity index is 2.49. The quantitative estimate of drug-likeness (QED) is 0.519. The molecule has 1 aliphatic heterocycles. The summed E-state index contributed by atoms with van der Waals surface area (Å²) in [5, 5.41) is 8.34. The third-order valence-electron chi connectivity index (χ3n) is 1.67. The second-order valence-corrected chi connectivity index (χ2v) is 2.55. The van der Waals surface area contributed by atoms with Crippen molar-refractivity contribution >= 4 is 11.9 Å². The highest BCUT2D eigenvalue weighted by Gasteiger charge is 2.29. The molecule has 0 spiro atoms. The number of carboxylic acids is 1. The standard InChI is InChI=1S/C6H10N2O3/c7-4-1-2-8(6(4)11)3-5(9)10/h4H,1-3,7H2,(H,9,10)/t4-/m0/s1. The molecule has 0 aromatic rings. The lowest BCUT2D eigenvalue weighted by atomic mass is 10.3. The number of hydrogen-bond donors (Lipinski definition) is 2. The lowest BCUT2D eigenvalue weighted by Crippen LogP contribution is -2.36. The maximum absolute atomic E-state index is 11.0. The molecule has 1 fully saturated rings. The van der Waals surface area contributed by atoms with Gasteiger partial charge in [-0.1, -0.05) is 0 Å². The molecule has 0 radical (unpaired) electrons. The van der Waals surface area contributed by atoms with Gasteiger partial charge in [-0.05, 0) is 6.42 Å². The van der Waals surface area contributed by atoms with E-state index in [2.05, 4.69) is 0 Å². The van der Waals surface area contributed by atoms with Crippen molar-refractivity contribution in [2.45, 2.75) is 12.5 Å². The van der Waals surface area contributed by atoms with E-state index in [9.17, 15) is 9.59 Å². The average molecular weight is 158 g/mol. The van der Waals surface area contributed by atoms with Gasteiger partial charge < -0.3 is 15.7 Å². The van der Waals surface area contributed by atoms with Gasteiger partial charge in [0, 0.05) is 6.54 Å². The summed E-state index contributed by atoms with van der Waals surface area (Å²) < 4.78 is 0. The molecule has 0 aromatic heterocycles. The zero-order valence-corrected chi connectivity index (χ0v) is 5.99. The van der Waals surface area contributed by atoms with E-state index in [1.165, 1.54) is 4.90 Å². The van der Waals surface area contributed by atoms with E-state index in [0.717, 1.165) is 0 Å². The van der Waals surface area contributed by atoms with Gasteiger partial charge in [-0.2, -0.15) is 0 Å². The first-order chi connectivity index (χ1) is 5.11. The van der Waals surface area contributed by atoms with Crippen LogP contribution in [0.2, 0.25) is 0 Å². The SMILES string of the molecule is N[C@H]1CCN(CC(=O)O)C1=O. The Labute approximate surface area is 63.8 Å². The fraction of sp³-hybridized carbons (Fsp3) is 0.667. The van der Waals surface area contributed by atoms with Gasteiger partial charge in [-0.3, -0.25) is 9.59 Å². The summed E-state index contributed by atoms with van der Waals surface area (Å²) in [6.07, 6.45) is 0.562. The largest absolute Gasteiger partial charge is 0.480 e. The van der Waals surface area contributed by atoms with Crippen molar-refractivity contribution in [2.24, 2.45) is 5.73 Å². The molecule has 5 nitrogen and oxygen atoms in total. The average Bonchev–Trinajstić information content (AvgIpc) is 2.18. The van der Waals surface area contributed by atoms with E-state index in [4.69, 9.17) is 10.8 Å². The van der Waals surface area contributed by atoms with Gasteiger partial charge in [0.15, 0.2) is 0 Å². The Morgan fingerprint density at radius 3 is 2.82 bits per heavy atom. The van der Waals surface area contributed by atoms with Crippen LogP contribution >= 0.6 is 0 Å². The smallest absolute Gasteiger partial charge is 0.323 e. The van der Waals surface area contributed by atoms with Crippen LogP contribution in [0.5, 0.6) is 0 Å². The van der Waals surface area contributed by atoms with E-state index in [1.54, 1.807) is 0 Å². The van der Waals surface area contributed by atoms with Gasteiger partial charge in [0.25, 0.3) is 0 Å². The predicted molar refractivity (Wildman–Crippen MR) is 36.8 cm³/mol. The molecule has 3 N–H and O–H groups in total. The van der Waals surface area contributed by atoms with E-state index in [-0.39, 0.29) is 12.5 Å². The summed E-state index contributed by atoms with van der Waals surface area (Å²) in [6.45, 7) is 0.235. The fourth-order valence-electron chi connectivity index (χ4n) is 1.08. The van der Waals surface area contributed by atoms with Crippen LogP contribution < -0.4 is 5.73 Å². The molecule has 11 heavy (non-hydrogen) atoms. The maximum atomic E-state index is 11.0. The summed E-state index contributed by atoms with van der Waals surface area (Å²) in [6, 6.07) is -0.491. The van der Waals surface area contributed by atoms with Crippen LogP contribution in [0, 0.1) is 0 Å². The third-order valence-corrected chi connectivity index (χ3v) is 1.67. The first kappa shape index (κ1) is 8.00. The molecule has 62 valence electrons. The summed E-state index contributed by atoms with van der Waals surface area (Å²) in [5.74, 6) is -1.25. The number of amides is 1. The molecule has 1 rings (SSSR count). The molecule has 0 unspecified atom stereocenters. The van der Waals surface area contributed by atoms with Crippen molar-refractivity contribution in [3.8, 4) is 0 Å². The molecule has 1 atom stereocenters. The number of carboxylic acid groups (broad SMARTS) is 1. The predicted octanol–water partition coefficient (Wildman–Crippen LogP) is -1.37. The lowest BCUT2D eigenvalue weighted by Gasteiger charge is -2.11. The molecule has 0 bridgehead atoms. The first-order valence-corrected chi connectivity index (χ1v) is 3.37. The number of nitrogens with two attached hydrogens (primary N) is 1. The van der Waals surface area contributed by atoms with Gasteiger partial charge in [-0.25, -0.2) is 0 Å². The molecule has 1 amide bonds. The molecule has 5 heteroatoms. The number of nitrogens with zero attached hydrogens (tertiary/aromatic N) is 1. The second kappa shape index (κ2) is 2.87. The van der Waals surface area contributed by atoms with Crippen molar-refractivity contribution < 1.29 is 14.7 Å². The maximum Gasteiger partial charge on any atom is 0.323 e. The number of hydrogen-bond acceptors (Lipinski definition) is 3. The van der Waals surface area contributed by atoms with Gasteiger partial charge in [0.2, 0.25) is 5.91 Å². The molecule has 0 saturated carbocycles. The molecule has 1 aliphatic rings. The fourth-order valence-corrected chi connectivity index (χ4v) is 1.08. The van der Waals surface area contributed by atoms with E-state index < -0.39 is 12.0 Å². The Kier molecular flexibility index (Phi) is 2.09. The molecule has 0 aromatic carbocycles. The van der Waals surface area contributed by atoms with Crippen LogP contribution in [0.4, 0.5) is 0 Å². The Morgan fingerprint density at radius 2 is 2.45 bits per heavy atom. The number of rotatable bonds is 2. The minimum absolute atomic E-state index is 0.230. The van der Waals surface area contributed by atoms with Crippen molar-refractivity contribution in [1.82, 2.24) is 4.90 Å². The number of aliphatic carboxylic acids is 1. The van der Waals surface area contributed by atoms with Crippen molar-refractivity contribution in [2.75, 3.05) is 13.1 Å². The number of carbonyl (C=O) groups is 2. The number of carbonyl (C=O) groups excluding carboxylic acids is 1. The molecular formula is C6H10N2O3. The molecule has 0 aliphatic carbocycles. The Morgan fingerprint density at radius 1 is 1.82 bits per heavy atom. The zero-order valence-electron chi connectivity index (χ0n) is 5.99. The van der Waals surface area contributed by atoms with Crippen molar-refractivity contribution in [3.63, 3.8) is 0 Å². The first-order valence-electron chi connectivity index (χ1n) is 3.37. The molecular weight excluding hydrogens is 148 g/mol. The van der Waals surface area contributed by atoms with Crippen LogP contribution in [0.1, 0.15) is 6.42 Å². The minimum Gasteiger partial charge on any atom is -0.480 e. The topological polar surface area (TPSA) is 83.6 Å². The van der Waals surface area contributed by atoms with E-state index in [0.29, 0.717) is 13.0 Å². The minimum atomic E-state index is -0.993. The van der Waals surface area contributed by atoms with Gasteiger partial charge >= 0.3 is 5.97 Å². The Bertz CT molecular complexity index is 192.